The number of amides is 1. The van der Waals surface area contributed by atoms with Crippen molar-refractivity contribution in [1.29, 1.82) is 0 Å². The van der Waals surface area contributed by atoms with Crippen LogP contribution < -0.4 is 5.32 Å². The molecule has 1 spiro atoms. The van der Waals surface area contributed by atoms with Crippen LogP contribution in [0.15, 0.2) is 0 Å². The summed E-state index contributed by atoms with van der Waals surface area (Å²) in [4.78, 5) is 19.2. The lowest BCUT2D eigenvalue weighted by Gasteiger charge is -2.37. The van der Waals surface area contributed by atoms with Gasteiger partial charge >= 0.3 is 0 Å². The van der Waals surface area contributed by atoms with E-state index in [0.717, 1.165) is 0 Å². The molecule has 140 valence electrons. The lowest BCUT2D eigenvalue weighted by molar-refractivity contribution is -0.119. The lowest BCUT2D eigenvalue weighted by atomic mass is 9.85. The summed E-state index contributed by atoms with van der Waals surface area (Å²) in [5.74, 6) is 0.132. The fourth-order valence-electron chi connectivity index (χ4n) is 4.99. The Kier molecular flexibility index (Phi) is 5.83. The quantitative estimate of drug-likeness (QED) is 0.827. The molecule has 2 unspecified atom stereocenters. The molecule has 0 aromatic rings. The van der Waals surface area contributed by atoms with Gasteiger partial charge in [0.1, 0.15) is 0 Å². The van der Waals surface area contributed by atoms with E-state index < -0.39 is 0 Å². The molecule has 3 aliphatic rings. The summed E-state index contributed by atoms with van der Waals surface area (Å²) in [6.07, 6.45) is 4.98. The van der Waals surface area contributed by atoms with Gasteiger partial charge in [-0.1, -0.05) is 0 Å². The number of nitrogens with one attached hydrogen (secondary N) is 1. The number of likely N-dealkylation sites (tertiary alicyclic amines) is 1. The van der Waals surface area contributed by atoms with Crippen molar-refractivity contribution in [2.45, 2.75) is 58.5 Å². The zero-order valence-electron chi connectivity index (χ0n) is 15.9. The van der Waals surface area contributed by atoms with Crippen LogP contribution in [-0.2, 0) is 4.79 Å². The molecule has 3 fully saturated rings. The van der Waals surface area contributed by atoms with E-state index in [1.807, 2.05) is 0 Å². The highest BCUT2D eigenvalue weighted by Crippen LogP contribution is 2.45. The topological polar surface area (TPSA) is 38.8 Å². The van der Waals surface area contributed by atoms with Gasteiger partial charge in [-0.2, -0.15) is 0 Å². The molecule has 1 amide bonds. The van der Waals surface area contributed by atoms with Crippen molar-refractivity contribution < 1.29 is 6.22 Å². The third kappa shape index (κ3) is 4.50. The molecule has 0 bridgehead atoms. The zero-order valence-corrected chi connectivity index (χ0v) is 15.9. The summed E-state index contributed by atoms with van der Waals surface area (Å²) in [5, 5.41) is 3.13. The van der Waals surface area contributed by atoms with Crippen LogP contribution in [0.4, 0.5) is 0 Å². The van der Waals surface area contributed by atoms with Gasteiger partial charge in [0.25, 0.3) is 0 Å². The first kappa shape index (κ1) is 18.2. The number of hydrogen-bond donors (Lipinski definition) is 1. The van der Waals surface area contributed by atoms with E-state index in [2.05, 4.69) is 33.9 Å². The van der Waals surface area contributed by atoms with E-state index in [9.17, 15) is 4.79 Å². The Hall–Kier alpha value is -0.650. The maximum atomic E-state index is 11.3. The maximum absolute atomic E-state index is 11.3. The summed E-state index contributed by atoms with van der Waals surface area (Å²) >= 11 is 0. The minimum absolute atomic E-state index is 0. The van der Waals surface area contributed by atoms with Crippen molar-refractivity contribution in [3.05, 3.63) is 0 Å². The molecule has 2 saturated heterocycles. The Bertz CT molecular complexity index is 439. The van der Waals surface area contributed by atoms with Crippen molar-refractivity contribution in [2.24, 2.45) is 5.41 Å². The molecular weight excluding hydrogens is 300 g/mol. The molecule has 5 nitrogen and oxygen atoms in total. The van der Waals surface area contributed by atoms with Crippen molar-refractivity contribution in [3.63, 3.8) is 0 Å². The summed E-state index contributed by atoms with van der Waals surface area (Å²) in [6.45, 7) is 16.1. The van der Waals surface area contributed by atoms with Crippen LogP contribution in [0, 0.1) is 5.41 Å². The molecule has 24 heavy (non-hydrogen) atoms. The highest BCUT2D eigenvalue weighted by molar-refractivity contribution is 5.73. The molecule has 2 heterocycles. The van der Waals surface area contributed by atoms with E-state index >= 15 is 0 Å². The smallest absolute Gasteiger partial charge is 0.217 e. The normalized spacial score (nSPS) is 32.9. The standard InChI is InChI=1S/C19H36N4O.H2/c1-16(2)23-12-10-21(11-13-23)8-9-22-7-6-19(15-22)5-4-18(14-19)20-17(3)24;/h16,18H,4-15H2,1-3H3,(H,20,24);1H. The molecular formula is C19H38N4O. The molecule has 5 heteroatoms. The number of hydrogen-bond acceptors (Lipinski definition) is 4. The second kappa shape index (κ2) is 7.71. The van der Waals surface area contributed by atoms with E-state index in [-0.39, 0.29) is 7.33 Å². The SMILES string of the molecule is CC(=O)NC1CCC2(CCN(CCN3CCN(C(C)C)CC3)C2)C1.[HH]. The van der Waals surface area contributed by atoms with Crippen molar-refractivity contribution >= 4 is 5.91 Å². The monoisotopic (exact) mass is 338 g/mol. The van der Waals surface area contributed by atoms with Crippen LogP contribution in [0.1, 0.15) is 47.9 Å². The Morgan fingerprint density at radius 1 is 1.12 bits per heavy atom. The Morgan fingerprint density at radius 3 is 2.50 bits per heavy atom. The fourth-order valence-corrected chi connectivity index (χ4v) is 4.99. The second-order valence-electron chi connectivity index (χ2n) is 8.64. The van der Waals surface area contributed by atoms with Gasteiger partial charge in [0.2, 0.25) is 5.91 Å². The van der Waals surface area contributed by atoms with Gasteiger partial charge in [0.05, 0.1) is 0 Å². The predicted molar refractivity (Wildman–Crippen MR) is 100 cm³/mol. The van der Waals surface area contributed by atoms with Gasteiger partial charge in [-0.15, -0.1) is 0 Å². The molecule has 0 aromatic carbocycles. The third-order valence-electron chi connectivity index (χ3n) is 6.50. The van der Waals surface area contributed by atoms with Crippen LogP contribution in [-0.4, -0.2) is 85.0 Å². The number of piperazine rings is 1. The highest BCUT2D eigenvalue weighted by Gasteiger charge is 2.44. The van der Waals surface area contributed by atoms with Crippen LogP contribution in [0.3, 0.4) is 0 Å². The summed E-state index contributed by atoms with van der Waals surface area (Å²) in [6, 6.07) is 1.11. The molecule has 1 aliphatic carbocycles. The third-order valence-corrected chi connectivity index (χ3v) is 6.50. The minimum Gasteiger partial charge on any atom is -0.354 e. The van der Waals surface area contributed by atoms with Gasteiger partial charge in [-0.05, 0) is 51.5 Å². The number of rotatable bonds is 5. The first-order valence-electron chi connectivity index (χ1n) is 9.92. The average Bonchev–Trinajstić information content (AvgIpc) is 3.12. The second-order valence-corrected chi connectivity index (χ2v) is 8.64. The van der Waals surface area contributed by atoms with E-state index in [1.54, 1.807) is 6.92 Å². The van der Waals surface area contributed by atoms with Crippen molar-refractivity contribution in [2.75, 3.05) is 52.4 Å². The van der Waals surface area contributed by atoms with Crippen LogP contribution in [0.5, 0.6) is 0 Å². The van der Waals surface area contributed by atoms with Gasteiger partial charge in [0.15, 0.2) is 0 Å². The van der Waals surface area contributed by atoms with Crippen LogP contribution in [0.2, 0.25) is 0 Å². The van der Waals surface area contributed by atoms with Crippen LogP contribution in [0.25, 0.3) is 0 Å². The van der Waals surface area contributed by atoms with Gasteiger partial charge in [-0.25, -0.2) is 0 Å². The Morgan fingerprint density at radius 2 is 1.83 bits per heavy atom. The molecule has 0 radical (unpaired) electrons. The molecule has 1 saturated carbocycles. The molecule has 2 aliphatic heterocycles. The van der Waals surface area contributed by atoms with Gasteiger partial charge in [-0.3, -0.25) is 14.6 Å². The van der Waals surface area contributed by atoms with E-state index in [0.29, 0.717) is 17.5 Å². The Labute approximate surface area is 149 Å². The van der Waals surface area contributed by atoms with Crippen molar-refractivity contribution in [1.82, 2.24) is 20.0 Å². The van der Waals surface area contributed by atoms with E-state index in [1.165, 1.54) is 78.0 Å². The largest absolute Gasteiger partial charge is 0.354 e. The first-order chi connectivity index (χ1) is 11.5. The average molecular weight is 339 g/mol. The van der Waals surface area contributed by atoms with Crippen LogP contribution >= 0.6 is 0 Å². The Balaban J connectivity index is 0.00000225. The fraction of sp³-hybridized carbons (Fsp3) is 0.947. The van der Waals surface area contributed by atoms with Crippen molar-refractivity contribution in [3.8, 4) is 0 Å². The van der Waals surface area contributed by atoms with Gasteiger partial charge in [0, 0.05) is 66.2 Å². The minimum atomic E-state index is 0. The number of nitrogens with zero attached hydrogens (tertiary/aromatic N) is 3. The summed E-state index contributed by atoms with van der Waals surface area (Å²) in [7, 11) is 0. The first-order valence-corrected chi connectivity index (χ1v) is 9.92. The van der Waals surface area contributed by atoms with E-state index in [4.69, 9.17) is 0 Å². The maximum Gasteiger partial charge on any atom is 0.217 e. The summed E-state index contributed by atoms with van der Waals surface area (Å²) < 4.78 is 0. The highest BCUT2D eigenvalue weighted by atomic mass is 16.1. The number of carbonyl (C=O) groups is 1. The zero-order chi connectivity index (χ0) is 17.2. The summed E-state index contributed by atoms with van der Waals surface area (Å²) in [5.41, 5.74) is 0.490. The predicted octanol–water partition coefficient (Wildman–Crippen LogP) is 1.64. The molecule has 1 N–H and O–H groups in total. The number of carbonyl (C=O) groups excluding carboxylic acids is 1. The van der Waals surface area contributed by atoms with Gasteiger partial charge < -0.3 is 10.2 Å². The molecule has 3 rings (SSSR count). The molecule has 2 atom stereocenters. The molecule has 0 aromatic heterocycles. The lowest BCUT2D eigenvalue weighted by Crippen LogP contribution is -2.50.